The number of aromatic nitrogens is 4. The Morgan fingerprint density at radius 3 is 2.59 bits per heavy atom. The number of aryl methyl sites for hydroxylation is 1. The van der Waals surface area contributed by atoms with Crippen molar-refractivity contribution in [1.82, 2.24) is 29.4 Å². The standard InChI is InChI=1S/C20H29N7/c1-17-18(14-25-9-11-27-20(16-25)12-19(13-21)23-27)15-26(22-17)10-8-24-6-4-2-3-5-7-24/h12,15H,2-11,14,16H2,1H3. The average molecular weight is 368 g/mol. The predicted octanol–water partition coefficient (Wildman–Crippen LogP) is 2.15. The van der Waals surface area contributed by atoms with Crippen LogP contribution < -0.4 is 0 Å². The normalized spacial score (nSPS) is 18.8. The van der Waals surface area contributed by atoms with Crippen LogP contribution in [-0.4, -0.2) is 55.5 Å². The second kappa shape index (κ2) is 8.24. The molecule has 0 radical (unpaired) electrons. The lowest BCUT2D eigenvalue weighted by Gasteiger charge is -2.27. The molecule has 2 aromatic heterocycles. The van der Waals surface area contributed by atoms with E-state index in [1.165, 1.54) is 44.3 Å². The van der Waals surface area contributed by atoms with Gasteiger partial charge in [-0.25, -0.2) is 0 Å². The first-order chi connectivity index (χ1) is 13.2. The van der Waals surface area contributed by atoms with Crippen molar-refractivity contribution < 1.29 is 0 Å². The second-order valence-electron chi connectivity index (χ2n) is 7.83. The van der Waals surface area contributed by atoms with Crippen LogP contribution in [-0.2, 0) is 26.2 Å². The molecule has 4 rings (SSSR count). The van der Waals surface area contributed by atoms with Crippen molar-refractivity contribution in [3.63, 3.8) is 0 Å². The third-order valence-corrected chi connectivity index (χ3v) is 5.78. The molecule has 0 atom stereocenters. The fourth-order valence-corrected chi connectivity index (χ4v) is 4.18. The van der Waals surface area contributed by atoms with Crippen LogP contribution in [0, 0.1) is 18.3 Å². The minimum absolute atomic E-state index is 0.518. The number of likely N-dealkylation sites (tertiary alicyclic amines) is 1. The fraction of sp³-hybridized carbons (Fsp3) is 0.650. The van der Waals surface area contributed by atoms with Crippen molar-refractivity contribution in [3.05, 3.63) is 34.9 Å². The van der Waals surface area contributed by atoms with Gasteiger partial charge < -0.3 is 4.90 Å². The molecular weight excluding hydrogens is 338 g/mol. The number of hydrogen-bond donors (Lipinski definition) is 0. The number of nitriles is 1. The Morgan fingerprint density at radius 1 is 1.00 bits per heavy atom. The second-order valence-corrected chi connectivity index (χ2v) is 7.83. The average Bonchev–Trinajstić information content (AvgIpc) is 3.13. The van der Waals surface area contributed by atoms with E-state index in [-0.39, 0.29) is 0 Å². The predicted molar refractivity (Wildman–Crippen MR) is 103 cm³/mol. The van der Waals surface area contributed by atoms with Crippen molar-refractivity contribution in [1.29, 1.82) is 5.26 Å². The monoisotopic (exact) mass is 367 g/mol. The van der Waals surface area contributed by atoms with Crippen LogP contribution in [0.5, 0.6) is 0 Å². The maximum absolute atomic E-state index is 9.03. The molecular formula is C20H29N7. The van der Waals surface area contributed by atoms with Gasteiger partial charge in [0.25, 0.3) is 0 Å². The van der Waals surface area contributed by atoms with E-state index in [0.717, 1.165) is 50.7 Å². The molecule has 1 saturated heterocycles. The highest BCUT2D eigenvalue weighted by Gasteiger charge is 2.20. The van der Waals surface area contributed by atoms with E-state index in [1.54, 1.807) is 0 Å². The van der Waals surface area contributed by atoms with Crippen LogP contribution in [0.3, 0.4) is 0 Å². The van der Waals surface area contributed by atoms with Gasteiger partial charge in [0.05, 0.1) is 24.5 Å². The zero-order chi connectivity index (χ0) is 18.6. The molecule has 2 aromatic rings. The summed E-state index contributed by atoms with van der Waals surface area (Å²) in [5.74, 6) is 0. The van der Waals surface area contributed by atoms with Crippen LogP contribution >= 0.6 is 0 Å². The lowest BCUT2D eigenvalue weighted by molar-refractivity contribution is 0.205. The van der Waals surface area contributed by atoms with Crippen molar-refractivity contribution in [2.75, 3.05) is 26.2 Å². The zero-order valence-electron chi connectivity index (χ0n) is 16.3. The topological polar surface area (TPSA) is 65.9 Å². The van der Waals surface area contributed by atoms with E-state index in [0.29, 0.717) is 5.69 Å². The third kappa shape index (κ3) is 4.40. The Hall–Kier alpha value is -2.17. The molecule has 0 unspecified atom stereocenters. The number of hydrogen-bond acceptors (Lipinski definition) is 5. The van der Waals surface area contributed by atoms with Crippen molar-refractivity contribution >= 4 is 0 Å². The number of nitrogens with zero attached hydrogens (tertiary/aromatic N) is 7. The molecule has 0 aliphatic carbocycles. The molecule has 0 saturated carbocycles. The highest BCUT2D eigenvalue weighted by atomic mass is 15.3. The molecule has 7 heteroatoms. The van der Waals surface area contributed by atoms with E-state index in [4.69, 9.17) is 10.4 Å². The van der Waals surface area contributed by atoms with Gasteiger partial charge in [0.15, 0.2) is 5.69 Å². The summed E-state index contributed by atoms with van der Waals surface area (Å²) in [6, 6.07) is 4.04. The van der Waals surface area contributed by atoms with Crippen LogP contribution in [0.15, 0.2) is 12.3 Å². The minimum atomic E-state index is 0.518. The molecule has 7 nitrogen and oxygen atoms in total. The molecule has 27 heavy (non-hydrogen) atoms. The molecule has 0 amide bonds. The Balaban J connectivity index is 1.34. The molecule has 2 aliphatic rings. The van der Waals surface area contributed by atoms with Crippen molar-refractivity contribution in [3.8, 4) is 6.07 Å². The van der Waals surface area contributed by atoms with E-state index in [9.17, 15) is 0 Å². The van der Waals surface area contributed by atoms with Gasteiger partial charge in [0.2, 0.25) is 0 Å². The molecule has 0 N–H and O–H groups in total. The summed E-state index contributed by atoms with van der Waals surface area (Å²) in [6.07, 6.45) is 7.66. The number of rotatable bonds is 5. The first-order valence-electron chi connectivity index (χ1n) is 10.2. The van der Waals surface area contributed by atoms with Crippen LogP contribution in [0.25, 0.3) is 0 Å². The van der Waals surface area contributed by atoms with Gasteiger partial charge in [0, 0.05) is 37.9 Å². The smallest absolute Gasteiger partial charge is 0.162 e. The van der Waals surface area contributed by atoms with Crippen molar-refractivity contribution in [2.24, 2.45) is 0 Å². The summed E-state index contributed by atoms with van der Waals surface area (Å²) >= 11 is 0. The lowest BCUT2D eigenvalue weighted by atomic mass is 10.2. The first-order valence-corrected chi connectivity index (χ1v) is 10.2. The highest BCUT2D eigenvalue weighted by Crippen LogP contribution is 2.17. The molecule has 144 valence electrons. The summed E-state index contributed by atoms with van der Waals surface area (Å²) in [5, 5.41) is 18.1. The summed E-state index contributed by atoms with van der Waals surface area (Å²) in [5.41, 5.74) is 4.08. The Kier molecular flexibility index (Phi) is 5.55. The molecule has 2 aliphatic heterocycles. The molecule has 0 aromatic carbocycles. The minimum Gasteiger partial charge on any atom is -0.301 e. The van der Waals surface area contributed by atoms with E-state index < -0.39 is 0 Å². The van der Waals surface area contributed by atoms with Crippen LogP contribution in [0.4, 0.5) is 0 Å². The van der Waals surface area contributed by atoms with Gasteiger partial charge in [0.1, 0.15) is 6.07 Å². The molecule has 0 bridgehead atoms. The molecule has 1 fully saturated rings. The van der Waals surface area contributed by atoms with Crippen LogP contribution in [0.1, 0.15) is 48.3 Å². The van der Waals surface area contributed by atoms with Gasteiger partial charge in [-0.2, -0.15) is 15.5 Å². The molecule has 0 spiro atoms. The van der Waals surface area contributed by atoms with E-state index in [1.807, 2.05) is 10.7 Å². The maximum atomic E-state index is 9.03. The van der Waals surface area contributed by atoms with Crippen LogP contribution in [0.2, 0.25) is 0 Å². The van der Waals surface area contributed by atoms with Crippen molar-refractivity contribution in [2.45, 2.75) is 58.8 Å². The maximum Gasteiger partial charge on any atom is 0.162 e. The summed E-state index contributed by atoms with van der Waals surface area (Å²) in [4.78, 5) is 5.00. The summed E-state index contributed by atoms with van der Waals surface area (Å²) < 4.78 is 4.09. The largest absolute Gasteiger partial charge is 0.301 e. The lowest BCUT2D eigenvalue weighted by Crippen LogP contribution is -2.33. The molecule has 4 heterocycles. The van der Waals surface area contributed by atoms with Gasteiger partial charge in [-0.05, 0) is 38.9 Å². The Labute approximate surface area is 161 Å². The van der Waals surface area contributed by atoms with E-state index in [2.05, 4.69) is 38.8 Å². The SMILES string of the molecule is Cc1nn(CCN2CCCCCC2)cc1CN1CCn2nc(C#N)cc2C1. The van der Waals surface area contributed by atoms with Gasteiger partial charge in [-0.3, -0.25) is 14.3 Å². The summed E-state index contributed by atoms with van der Waals surface area (Å²) in [6.45, 7) is 10.2. The third-order valence-electron chi connectivity index (χ3n) is 5.78. The van der Waals surface area contributed by atoms with E-state index >= 15 is 0 Å². The van der Waals surface area contributed by atoms with Gasteiger partial charge in [-0.1, -0.05) is 12.8 Å². The first kappa shape index (κ1) is 18.2. The summed E-state index contributed by atoms with van der Waals surface area (Å²) in [7, 11) is 0. The number of fused-ring (bicyclic) bond motifs is 1. The Morgan fingerprint density at radius 2 is 1.81 bits per heavy atom. The fourth-order valence-electron chi connectivity index (χ4n) is 4.18. The van der Waals surface area contributed by atoms with Gasteiger partial charge >= 0.3 is 0 Å². The highest BCUT2D eigenvalue weighted by molar-refractivity contribution is 5.23. The quantitative estimate of drug-likeness (QED) is 0.810. The van der Waals surface area contributed by atoms with Gasteiger partial charge in [-0.15, -0.1) is 0 Å². The Bertz CT molecular complexity index is 805. The zero-order valence-corrected chi connectivity index (χ0v) is 16.3.